The van der Waals surface area contributed by atoms with E-state index in [1.807, 2.05) is 0 Å². The lowest BCUT2D eigenvalue weighted by Gasteiger charge is -2.20. The number of aromatic amines is 1. The highest BCUT2D eigenvalue weighted by molar-refractivity contribution is 6.08. The number of nitrogens with one attached hydrogen (secondary N) is 1. The van der Waals surface area contributed by atoms with Crippen molar-refractivity contribution in [2.75, 3.05) is 0 Å². The number of hydrogen-bond donors (Lipinski definition) is 1. The number of rotatable bonds is 5. The molecule has 0 saturated carbocycles. The predicted molar refractivity (Wildman–Crippen MR) is 177 cm³/mol. The fourth-order valence-electron chi connectivity index (χ4n) is 6.22. The van der Waals surface area contributed by atoms with Crippen molar-refractivity contribution in [1.82, 2.24) is 19.9 Å². The summed E-state index contributed by atoms with van der Waals surface area (Å²) < 4.78 is 0. The van der Waals surface area contributed by atoms with E-state index in [0.29, 0.717) is 17.5 Å². The quantitative estimate of drug-likeness (QED) is 0.231. The topological polar surface area (TPSA) is 54.5 Å². The van der Waals surface area contributed by atoms with Crippen molar-refractivity contribution in [1.29, 1.82) is 0 Å². The third-order valence-electron chi connectivity index (χ3n) is 8.45. The molecule has 4 heteroatoms. The Balaban J connectivity index is 1.20. The van der Waals surface area contributed by atoms with Gasteiger partial charge in [-0.2, -0.15) is 0 Å². The first kappa shape index (κ1) is 25.4. The fraction of sp³-hybridized carbons (Fsp3) is 0.103. The molecule has 4 nitrogen and oxygen atoms in total. The van der Waals surface area contributed by atoms with Crippen molar-refractivity contribution in [2.45, 2.75) is 25.2 Å². The fourth-order valence-corrected chi connectivity index (χ4v) is 6.22. The van der Waals surface area contributed by atoms with Gasteiger partial charge in [-0.15, -0.1) is 0 Å². The smallest absolute Gasteiger partial charge is 0.164 e. The van der Waals surface area contributed by atoms with Gasteiger partial charge >= 0.3 is 0 Å². The molecule has 6 aromatic rings. The maximum Gasteiger partial charge on any atom is 0.164 e. The van der Waals surface area contributed by atoms with E-state index in [-0.39, 0.29) is 5.92 Å². The van der Waals surface area contributed by atoms with E-state index in [9.17, 15) is 0 Å². The molecule has 0 aliphatic heterocycles. The van der Waals surface area contributed by atoms with Gasteiger partial charge in [-0.1, -0.05) is 115 Å². The van der Waals surface area contributed by atoms with Crippen LogP contribution in [0, 0.1) is 0 Å². The van der Waals surface area contributed by atoms with Crippen molar-refractivity contribution < 1.29 is 0 Å². The van der Waals surface area contributed by atoms with Crippen LogP contribution in [0.1, 0.15) is 42.1 Å². The summed E-state index contributed by atoms with van der Waals surface area (Å²) in [6.07, 6.45) is 16.3. The molecule has 8 rings (SSSR count). The molecule has 206 valence electrons. The van der Waals surface area contributed by atoms with Crippen LogP contribution in [0.5, 0.6) is 0 Å². The number of fused-ring (bicyclic) bond motifs is 3. The van der Waals surface area contributed by atoms with Crippen molar-refractivity contribution in [3.8, 4) is 22.8 Å². The van der Waals surface area contributed by atoms with E-state index < -0.39 is 0 Å². The molecule has 1 atom stereocenters. The lowest BCUT2D eigenvalue weighted by atomic mass is 9.85. The Labute approximate surface area is 250 Å². The summed E-state index contributed by atoms with van der Waals surface area (Å²) in [5.74, 6) is 2.37. The van der Waals surface area contributed by atoms with Gasteiger partial charge < -0.3 is 4.98 Å². The molecule has 0 bridgehead atoms. The maximum absolute atomic E-state index is 5.06. The van der Waals surface area contributed by atoms with Crippen molar-refractivity contribution >= 4 is 33.0 Å². The highest BCUT2D eigenvalue weighted by Crippen LogP contribution is 2.35. The second kappa shape index (κ2) is 10.8. The van der Waals surface area contributed by atoms with Crippen LogP contribution in [0.3, 0.4) is 0 Å². The Bertz CT molecular complexity index is 2110. The van der Waals surface area contributed by atoms with Crippen LogP contribution in [0.4, 0.5) is 0 Å². The van der Waals surface area contributed by atoms with Gasteiger partial charge in [0, 0.05) is 44.4 Å². The molecule has 43 heavy (non-hydrogen) atoms. The van der Waals surface area contributed by atoms with E-state index in [4.69, 9.17) is 15.0 Å². The Hall–Kier alpha value is -5.35. The minimum atomic E-state index is 0.286. The lowest BCUT2D eigenvalue weighted by molar-refractivity contribution is 0.867. The number of benzene rings is 4. The molecule has 0 spiro atoms. The second-order valence-electron chi connectivity index (χ2n) is 11.3. The van der Waals surface area contributed by atoms with Crippen LogP contribution in [-0.2, 0) is 0 Å². The molecule has 0 radical (unpaired) electrons. The third-order valence-corrected chi connectivity index (χ3v) is 8.45. The number of para-hydroxylation sites is 1. The van der Waals surface area contributed by atoms with E-state index in [1.54, 1.807) is 0 Å². The largest absolute Gasteiger partial charge is 0.354 e. The van der Waals surface area contributed by atoms with Crippen LogP contribution in [-0.4, -0.2) is 19.9 Å². The van der Waals surface area contributed by atoms with Crippen LogP contribution in [0.25, 0.3) is 55.7 Å². The molecule has 1 N–H and O–H groups in total. The molecule has 1 unspecified atom stereocenters. The zero-order chi connectivity index (χ0) is 28.6. The number of H-pyrrole nitrogens is 1. The molecule has 0 amide bonds. The summed E-state index contributed by atoms with van der Waals surface area (Å²) in [7, 11) is 0. The summed E-state index contributed by atoms with van der Waals surface area (Å²) in [6, 6.07) is 34.2. The number of aromatic nitrogens is 4. The highest BCUT2D eigenvalue weighted by Gasteiger charge is 2.18. The average Bonchev–Trinajstić information content (AvgIpc) is 3.47. The van der Waals surface area contributed by atoms with E-state index >= 15 is 0 Å². The van der Waals surface area contributed by atoms with Gasteiger partial charge in [-0.05, 0) is 54.2 Å². The summed E-state index contributed by atoms with van der Waals surface area (Å²) in [6.45, 7) is 0. The highest BCUT2D eigenvalue weighted by atomic mass is 15.0. The third kappa shape index (κ3) is 4.91. The Morgan fingerprint density at radius 1 is 0.628 bits per heavy atom. The molecular weight excluding hydrogens is 524 g/mol. The van der Waals surface area contributed by atoms with Gasteiger partial charge in [0.05, 0.1) is 0 Å². The molecule has 2 aliphatic rings. The van der Waals surface area contributed by atoms with Crippen LogP contribution in [0.2, 0.25) is 0 Å². The summed E-state index contributed by atoms with van der Waals surface area (Å²) in [5, 5.41) is 2.42. The van der Waals surface area contributed by atoms with Gasteiger partial charge in [-0.25, -0.2) is 15.0 Å². The molecule has 0 fully saturated rings. The molecule has 4 aromatic carbocycles. The van der Waals surface area contributed by atoms with Gasteiger partial charge in [0.25, 0.3) is 0 Å². The first-order valence-electron chi connectivity index (χ1n) is 15.0. The first-order valence-corrected chi connectivity index (χ1v) is 15.0. The molecule has 2 aromatic heterocycles. The zero-order valence-electron chi connectivity index (χ0n) is 23.7. The van der Waals surface area contributed by atoms with Gasteiger partial charge in [0.15, 0.2) is 17.5 Å². The van der Waals surface area contributed by atoms with Crippen LogP contribution >= 0.6 is 0 Å². The van der Waals surface area contributed by atoms with Gasteiger partial charge in [-0.3, -0.25) is 0 Å². The predicted octanol–water partition coefficient (Wildman–Crippen LogP) is 9.70. The first-order chi connectivity index (χ1) is 21.3. The minimum Gasteiger partial charge on any atom is -0.354 e. The molecule has 0 saturated heterocycles. The normalized spacial score (nSPS) is 16.4. The van der Waals surface area contributed by atoms with Crippen LogP contribution < -0.4 is 0 Å². The van der Waals surface area contributed by atoms with E-state index in [2.05, 4.69) is 139 Å². The summed E-state index contributed by atoms with van der Waals surface area (Å²) in [5.41, 5.74) is 9.11. The monoisotopic (exact) mass is 554 g/mol. The Morgan fingerprint density at radius 2 is 1.40 bits per heavy atom. The zero-order valence-corrected chi connectivity index (χ0v) is 23.7. The summed E-state index contributed by atoms with van der Waals surface area (Å²) >= 11 is 0. The average molecular weight is 555 g/mol. The molecule has 2 aliphatic carbocycles. The summed E-state index contributed by atoms with van der Waals surface area (Å²) in [4.78, 5) is 18.6. The second-order valence-corrected chi connectivity index (χ2v) is 11.3. The molecule has 2 heterocycles. The Kier molecular flexibility index (Phi) is 6.38. The van der Waals surface area contributed by atoms with E-state index in [1.165, 1.54) is 27.5 Å². The standard InChI is InChI=1S/C39H30N4/c1-3-11-26(12-4-1)28-15-9-16-29(23-28)30-17-10-18-31(24-30)38-41-37(27-13-5-2-6-14-27)42-39(43-38)32-21-22-34-33-19-7-8-20-35(33)40-36(34)25-32/h1,3-5,7-22,24-25,29,40H,2,6,23H2. The number of hydrogen-bond acceptors (Lipinski definition) is 3. The van der Waals surface area contributed by atoms with Crippen molar-refractivity contribution in [3.05, 3.63) is 150 Å². The Morgan fingerprint density at radius 3 is 2.26 bits per heavy atom. The molecular formula is C39H30N4. The number of nitrogens with zero attached hydrogens (tertiary/aromatic N) is 3. The van der Waals surface area contributed by atoms with E-state index in [0.717, 1.165) is 47.0 Å². The maximum atomic E-state index is 5.06. The number of allylic oxidation sites excluding steroid dienone is 8. The van der Waals surface area contributed by atoms with Crippen molar-refractivity contribution in [2.24, 2.45) is 0 Å². The minimum absolute atomic E-state index is 0.286. The van der Waals surface area contributed by atoms with Gasteiger partial charge in [0.2, 0.25) is 0 Å². The van der Waals surface area contributed by atoms with Crippen LogP contribution in [0.15, 0.2) is 134 Å². The van der Waals surface area contributed by atoms with Crippen molar-refractivity contribution in [3.63, 3.8) is 0 Å². The lowest BCUT2D eigenvalue weighted by Crippen LogP contribution is -2.04. The van der Waals surface area contributed by atoms with Gasteiger partial charge in [0.1, 0.15) is 0 Å². The SMILES string of the molecule is C1=CC(c2cccc(-c3nc(C4=CCCC=C4)nc(-c4ccc5c(c4)[nH]c4ccccc45)n3)c2)CC(c2ccccc2)=C1.